The van der Waals surface area contributed by atoms with Crippen LogP contribution in [0.4, 0.5) is 0 Å². The van der Waals surface area contributed by atoms with Crippen molar-refractivity contribution in [3.8, 4) is 12.1 Å². The number of allylic oxidation sites excluding steroid dienone is 2. The van der Waals surface area contributed by atoms with E-state index in [9.17, 15) is 0 Å². The predicted molar refractivity (Wildman–Crippen MR) is 68.2 cm³/mol. The molecule has 0 aliphatic heterocycles. The van der Waals surface area contributed by atoms with Crippen molar-refractivity contribution < 1.29 is 0 Å². The van der Waals surface area contributed by atoms with Crippen molar-refractivity contribution in [3.05, 3.63) is 53.7 Å². The highest BCUT2D eigenvalue weighted by atomic mass is 14.7. The number of aryl methyl sites for hydroxylation is 1. The number of hydrogen-bond acceptors (Lipinski definition) is 3. The number of hydrogen-bond donors (Lipinski definition) is 0. The summed E-state index contributed by atoms with van der Waals surface area (Å²) in [5.41, 5.74) is 3.09. The number of rotatable bonds is 3. The second-order valence-corrected chi connectivity index (χ2v) is 3.48. The zero-order chi connectivity index (χ0) is 12.8. The van der Waals surface area contributed by atoms with Gasteiger partial charge in [0.25, 0.3) is 0 Å². The minimum absolute atomic E-state index is 0.124. The Hall–Kier alpha value is -2.65. The van der Waals surface area contributed by atoms with Crippen molar-refractivity contribution in [2.75, 3.05) is 0 Å². The van der Waals surface area contributed by atoms with E-state index >= 15 is 0 Å². The Morgan fingerprint density at radius 3 is 2.65 bits per heavy atom. The number of nitrogens with zero attached hydrogens (tertiary/aromatic N) is 3. The SMILES string of the molecule is C=C(C#N)N=CC(=C)c1ccc(C)c(C#N)c1. The van der Waals surface area contributed by atoms with Gasteiger partial charge in [-0.05, 0) is 29.7 Å². The fourth-order valence-electron chi connectivity index (χ4n) is 1.20. The van der Waals surface area contributed by atoms with E-state index in [0.717, 1.165) is 11.1 Å². The maximum atomic E-state index is 8.91. The maximum absolute atomic E-state index is 8.91. The average molecular weight is 221 g/mol. The first-order chi connectivity index (χ1) is 8.08. The summed E-state index contributed by atoms with van der Waals surface area (Å²) in [5, 5.41) is 17.4. The lowest BCUT2D eigenvalue weighted by Crippen LogP contribution is -1.89. The van der Waals surface area contributed by atoms with E-state index in [4.69, 9.17) is 10.5 Å². The summed E-state index contributed by atoms with van der Waals surface area (Å²) in [7, 11) is 0. The van der Waals surface area contributed by atoms with Crippen LogP contribution in [0.5, 0.6) is 0 Å². The molecule has 3 nitrogen and oxygen atoms in total. The Morgan fingerprint density at radius 2 is 2.06 bits per heavy atom. The molecule has 0 aliphatic rings. The van der Waals surface area contributed by atoms with Crippen LogP contribution in [0.3, 0.4) is 0 Å². The zero-order valence-electron chi connectivity index (χ0n) is 9.57. The topological polar surface area (TPSA) is 59.9 Å². The molecule has 1 aromatic rings. The Balaban J connectivity index is 3.00. The molecule has 0 amide bonds. The Labute approximate surface area is 101 Å². The van der Waals surface area contributed by atoms with Crippen molar-refractivity contribution in [2.45, 2.75) is 6.92 Å². The molecule has 0 heterocycles. The molecule has 17 heavy (non-hydrogen) atoms. The van der Waals surface area contributed by atoms with Gasteiger partial charge >= 0.3 is 0 Å². The van der Waals surface area contributed by atoms with Crippen LogP contribution in [0.15, 0.2) is 42.0 Å². The normalized spacial score (nSPS) is 9.59. The van der Waals surface area contributed by atoms with Crippen LogP contribution in [-0.2, 0) is 0 Å². The van der Waals surface area contributed by atoms with Crippen molar-refractivity contribution in [1.82, 2.24) is 0 Å². The van der Waals surface area contributed by atoms with Gasteiger partial charge in [-0.25, -0.2) is 4.99 Å². The summed E-state index contributed by atoms with van der Waals surface area (Å²) in [6.07, 6.45) is 1.47. The third-order valence-electron chi connectivity index (χ3n) is 2.23. The van der Waals surface area contributed by atoms with Crippen molar-refractivity contribution in [1.29, 1.82) is 10.5 Å². The summed E-state index contributed by atoms with van der Waals surface area (Å²) < 4.78 is 0. The second-order valence-electron chi connectivity index (χ2n) is 3.48. The Bertz CT molecular complexity index is 580. The highest BCUT2D eigenvalue weighted by Crippen LogP contribution is 2.15. The second kappa shape index (κ2) is 5.44. The highest BCUT2D eigenvalue weighted by Gasteiger charge is 2.01. The fraction of sp³-hybridized carbons (Fsp3) is 0.0714. The van der Waals surface area contributed by atoms with Crippen LogP contribution < -0.4 is 0 Å². The highest BCUT2D eigenvalue weighted by molar-refractivity contribution is 6.09. The van der Waals surface area contributed by atoms with Crippen LogP contribution in [0.2, 0.25) is 0 Å². The molecule has 0 N–H and O–H groups in total. The molecule has 0 unspecified atom stereocenters. The number of aliphatic imine (C=N–C) groups is 1. The smallest absolute Gasteiger partial charge is 0.133 e. The molecule has 0 aromatic heterocycles. The van der Waals surface area contributed by atoms with Gasteiger partial charge < -0.3 is 0 Å². The van der Waals surface area contributed by atoms with Gasteiger partial charge in [0.15, 0.2) is 0 Å². The molecule has 1 aromatic carbocycles. The first kappa shape index (κ1) is 12.4. The van der Waals surface area contributed by atoms with Crippen molar-refractivity contribution >= 4 is 11.8 Å². The van der Waals surface area contributed by atoms with Gasteiger partial charge in [-0.1, -0.05) is 25.3 Å². The van der Waals surface area contributed by atoms with E-state index in [-0.39, 0.29) is 5.70 Å². The summed E-state index contributed by atoms with van der Waals surface area (Å²) in [4.78, 5) is 3.83. The number of nitriles is 2. The lowest BCUT2D eigenvalue weighted by atomic mass is 10.0. The van der Waals surface area contributed by atoms with E-state index in [1.54, 1.807) is 6.07 Å². The molecule has 82 valence electrons. The number of benzene rings is 1. The lowest BCUT2D eigenvalue weighted by Gasteiger charge is -2.02. The molecule has 0 saturated heterocycles. The monoisotopic (exact) mass is 221 g/mol. The molecule has 0 atom stereocenters. The van der Waals surface area contributed by atoms with E-state index in [1.165, 1.54) is 6.21 Å². The maximum Gasteiger partial charge on any atom is 0.133 e. The molecule has 0 fully saturated rings. The van der Waals surface area contributed by atoms with E-state index in [2.05, 4.69) is 24.2 Å². The van der Waals surface area contributed by atoms with E-state index < -0.39 is 0 Å². The predicted octanol–water partition coefficient (Wildman–Crippen LogP) is 2.99. The first-order valence-corrected chi connectivity index (χ1v) is 4.91. The van der Waals surface area contributed by atoms with Gasteiger partial charge in [-0.15, -0.1) is 0 Å². The Morgan fingerprint density at radius 1 is 1.35 bits per heavy atom. The van der Waals surface area contributed by atoms with Crippen LogP contribution in [0, 0.1) is 29.6 Å². The average Bonchev–Trinajstić information content (AvgIpc) is 2.35. The molecule has 0 bridgehead atoms. The largest absolute Gasteiger partial charge is 0.246 e. The van der Waals surface area contributed by atoms with Crippen molar-refractivity contribution in [2.24, 2.45) is 4.99 Å². The minimum atomic E-state index is 0.124. The van der Waals surface area contributed by atoms with Gasteiger partial charge in [0, 0.05) is 6.21 Å². The van der Waals surface area contributed by atoms with E-state index in [0.29, 0.717) is 11.1 Å². The third kappa shape index (κ3) is 3.15. The standard InChI is InChI=1S/C14H11N3/c1-10-4-5-13(6-14(10)8-16)11(2)9-17-12(3)7-15/h4-6,9H,2-3H2,1H3. The van der Waals surface area contributed by atoms with Gasteiger partial charge in [-0.2, -0.15) is 10.5 Å². The molecular weight excluding hydrogens is 210 g/mol. The minimum Gasteiger partial charge on any atom is -0.246 e. The molecular formula is C14H11N3. The van der Waals surface area contributed by atoms with Gasteiger partial charge in [-0.3, -0.25) is 0 Å². The fourth-order valence-corrected chi connectivity index (χ4v) is 1.20. The molecule has 3 heteroatoms. The van der Waals surface area contributed by atoms with Crippen LogP contribution >= 0.6 is 0 Å². The summed E-state index contributed by atoms with van der Waals surface area (Å²) in [6.45, 7) is 9.13. The molecule has 1 rings (SSSR count). The third-order valence-corrected chi connectivity index (χ3v) is 2.23. The first-order valence-electron chi connectivity index (χ1n) is 4.91. The summed E-state index contributed by atoms with van der Waals surface area (Å²) in [6, 6.07) is 9.39. The van der Waals surface area contributed by atoms with Gasteiger partial charge in [0.05, 0.1) is 11.6 Å². The van der Waals surface area contributed by atoms with Crippen LogP contribution in [-0.4, -0.2) is 6.21 Å². The molecule has 0 radical (unpaired) electrons. The van der Waals surface area contributed by atoms with Crippen LogP contribution in [0.25, 0.3) is 5.57 Å². The summed E-state index contributed by atoms with van der Waals surface area (Å²) in [5.74, 6) is 0. The van der Waals surface area contributed by atoms with Gasteiger partial charge in [0.1, 0.15) is 11.8 Å². The van der Waals surface area contributed by atoms with Gasteiger partial charge in [0.2, 0.25) is 0 Å². The Kier molecular flexibility index (Phi) is 3.97. The van der Waals surface area contributed by atoms with Crippen molar-refractivity contribution in [3.63, 3.8) is 0 Å². The van der Waals surface area contributed by atoms with E-state index in [1.807, 2.05) is 25.1 Å². The quantitative estimate of drug-likeness (QED) is 0.582. The summed E-state index contributed by atoms with van der Waals surface area (Å²) >= 11 is 0. The molecule has 0 spiro atoms. The molecule has 0 aliphatic carbocycles. The molecule has 0 saturated carbocycles. The lowest BCUT2D eigenvalue weighted by molar-refractivity contribution is 1.38. The zero-order valence-corrected chi connectivity index (χ0v) is 9.57. The van der Waals surface area contributed by atoms with Crippen LogP contribution in [0.1, 0.15) is 16.7 Å².